The molecule has 7 nitrogen and oxygen atoms in total. The lowest BCUT2D eigenvalue weighted by molar-refractivity contribution is 0.0341. The van der Waals surface area contributed by atoms with E-state index >= 15 is 0 Å². The zero-order valence-corrected chi connectivity index (χ0v) is 18.1. The van der Waals surface area contributed by atoms with Crippen LogP contribution in [0.1, 0.15) is 34.5 Å². The van der Waals surface area contributed by atoms with Crippen molar-refractivity contribution in [2.24, 2.45) is 0 Å². The van der Waals surface area contributed by atoms with Crippen molar-refractivity contribution in [3.63, 3.8) is 0 Å². The summed E-state index contributed by atoms with van der Waals surface area (Å²) in [4.78, 5) is 28.3. The van der Waals surface area contributed by atoms with Crippen molar-refractivity contribution in [1.29, 1.82) is 0 Å². The molecule has 1 fully saturated rings. The van der Waals surface area contributed by atoms with Gasteiger partial charge in [0.25, 0.3) is 0 Å². The van der Waals surface area contributed by atoms with E-state index in [2.05, 4.69) is 4.90 Å². The van der Waals surface area contributed by atoms with E-state index in [1.54, 1.807) is 13.1 Å². The first-order valence-electron chi connectivity index (χ1n) is 11.0. The van der Waals surface area contributed by atoms with Gasteiger partial charge in [0, 0.05) is 25.8 Å². The molecule has 7 heteroatoms. The Labute approximate surface area is 186 Å². The molecule has 0 bridgehead atoms. The Balaban J connectivity index is 1.67. The van der Waals surface area contributed by atoms with E-state index in [0.717, 1.165) is 24.2 Å². The molecule has 3 aromatic rings. The lowest BCUT2D eigenvalue weighted by atomic mass is 10.0. The monoisotopic (exact) mass is 434 g/mol. The average Bonchev–Trinajstić information content (AvgIpc) is 2.82. The summed E-state index contributed by atoms with van der Waals surface area (Å²) >= 11 is 0. The van der Waals surface area contributed by atoms with Gasteiger partial charge in [-0.25, -0.2) is 4.79 Å². The molecule has 0 aliphatic carbocycles. The van der Waals surface area contributed by atoms with Crippen molar-refractivity contribution in [3.05, 3.63) is 75.6 Å². The SMILES string of the molecule is CCOC(=O)c1cn2c3c(cc(CN4CCOCC4)cc3c1=O)OCC2c1ccccc1. The molecule has 0 spiro atoms. The van der Waals surface area contributed by atoms with Crippen LogP contribution in [0.4, 0.5) is 0 Å². The van der Waals surface area contributed by atoms with Crippen molar-refractivity contribution in [1.82, 2.24) is 9.47 Å². The number of carbonyl (C=O) groups excluding carboxylic acids is 1. The van der Waals surface area contributed by atoms with Crippen LogP contribution in [-0.2, 0) is 16.0 Å². The van der Waals surface area contributed by atoms with Crippen molar-refractivity contribution in [2.45, 2.75) is 19.5 Å². The third-order valence-corrected chi connectivity index (χ3v) is 6.07. The summed E-state index contributed by atoms with van der Waals surface area (Å²) in [7, 11) is 0. The molecular formula is C25H26N2O5. The summed E-state index contributed by atoms with van der Waals surface area (Å²) in [6.07, 6.45) is 1.63. The predicted octanol–water partition coefficient (Wildman–Crippen LogP) is 2.99. The molecule has 1 unspecified atom stereocenters. The normalized spacial score (nSPS) is 18.3. The van der Waals surface area contributed by atoms with Crippen molar-refractivity contribution >= 4 is 16.9 Å². The summed E-state index contributed by atoms with van der Waals surface area (Å²) in [6.45, 7) is 6.16. The van der Waals surface area contributed by atoms with Crippen LogP contribution in [0.3, 0.4) is 0 Å². The maximum Gasteiger partial charge on any atom is 0.343 e. The van der Waals surface area contributed by atoms with Crippen LogP contribution in [0.15, 0.2) is 53.5 Å². The maximum atomic E-state index is 13.4. The molecule has 2 aliphatic rings. The minimum Gasteiger partial charge on any atom is -0.489 e. The van der Waals surface area contributed by atoms with Gasteiger partial charge in [-0.3, -0.25) is 9.69 Å². The molecule has 32 heavy (non-hydrogen) atoms. The van der Waals surface area contributed by atoms with Gasteiger partial charge < -0.3 is 18.8 Å². The van der Waals surface area contributed by atoms with Gasteiger partial charge in [-0.1, -0.05) is 30.3 Å². The van der Waals surface area contributed by atoms with Gasteiger partial charge in [0.1, 0.15) is 17.9 Å². The summed E-state index contributed by atoms with van der Waals surface area (Å²) in [5, 5.41) is 0.483. The molecule has 0 amide bonds. The number of aromatic nitrogens is 1. The quantitative estimate of drug-likeness (QED) is 0.575. The molecule has 1 aromatic heterocycles. The second-order valence-electron chi connectivity index (χ2n) is 8.12. The lowest BCUT2D eigenvalue weighted by Gasteiger charge is -2.31. The largest absolute Gasteiger partial charge is 0.489 e. The third-order valence-electron chi connectivity index (χ3n) is 6.07. The Morgan fingerprint density at radius 1 is 1.16 bits per heavy atom. The van der Waals surface area contributed by atoms with Crippen LogP contribution in [0.5, 0.6) is 5.75 Å². The summed E-state index contributed by atoms with van der Waals surface area (Å²) in [5.41, 5.74) is 2.48. The maximum absolute atomic E-state index is 13.4. The Hall–Kier alpha value is -3.16. The summed E-state index contributed by atoms with van der Waals surface area (Å²) in [6, 6.07) is 13.7. The van der Waals surface area contributed by atoms with E-state index in [1.165, 1.54) is 0 Å². The van der Waals surface area contributed by atoms with Crippen molar-refractivity contribution in [3.8, 4) is 5.75 Å². The van der Waals surface area contributed by atoms with Crippen LogP contribution in [0.2, 0.25) is 0 Å². The van der Waals surface area contributed by atoms with Gasteiger partial charge >= 0.3 is 5.97 Å². The van der Waals surface area contributed by atoms with Crippen LogP contribution >= 0.6 is 0 Å². The highest BCUT2D eigenvalue weighted by Gasteiger charge is 2.28. The van der Waals surface area contributed by atoms with Gasteiger partial charge in [0.05, 0.1) is 36.8 Å². The van der Waals surface area contributed by atoms with Crippen LogP contribution in [0, 0.1) is 0 Å². The average molecular weight is 434 g/mol. The highest BCUT2D eigenvalue weighted by Crippen LogP contribution is 2.36. The minimum absolute atomic E-state index is 0.0525. The first-order valence-corrected chi connectivity index (χ1v) is 11.0. The van der Waals surface area contributed by atoms with Gasteiger partial charge in [-0.05, 0) is 30.2 Å². The predicted molar refractivity (Wildman–Crippen MR) is 120 cm³/mol. The van der Waals surface area contributed by atoms with Gasteiger partial charge in [0.15, 0.2) is 0 Å². The molecule has 0 saturated carbocycles. The number of hydrogen-bond donors (Lipinski definition) is 0. The van der Waals surface area contributed by atoms with Gasteiger partial charge in [-0.15, -0.1) is 0 Å². The minimum atomic E-state index is -0.596. The second-order valence-corrected chi connectivity index (χ2v) is 8.12. The fourth-order valence-corrected chi connectivity index (χ4v) is 4.51. The van der Waals surface area contributed by atoms with Crippen LogP contribution in [-0.4, -0.2) is 55.0 Å². The van der Waals surface area contributed by atoms with E-state index in [-0.39, 0.29) is 23.6 Å². The number of esters is 1. The number of nitrogens with zero attached hydrogens (tertiary/aromatic N) is 2. The first kappa shape index (κ1) is 20.7. The topological polar surface area (TPSA) is 70.0 Å². The van der Waals surface area contributed by atoms with Crippen molar-refractivity contribution < 1.29 is 19.0 Å². The fraction of sp³-hybridized carbons (Fsp3) is 0.360. The zero-order valence-electron chi connectivity index (χ0n) is 18.1. The molecule has 0 N–H and O–H groups in total. The number of carbonyl (C=O) groups is 1. The number of ether oxygens (including phenoxy) is 3. The molecule has 3 heterocycles. The number of rotatable bonds is 5. The molecule has 5 rings (SSSR count). The number of hydrogen-bond acceptors (Lipinski definition) is 6. The summed E-state index contributed by atoms with van der Waals surface area (Å²) < 4.78 is 18.8. The molecule has 166 valence electrons. The molecule has 1 atom stereocenters. The molecule has 2 aromatic carbocycles. The van der Waals surface area contributed by atoms with Crippen LogP contribution < -0.4 is 10.2 Å². The van der Waals surface area contributed by atoms with E-state index < -0.39 is 5.97 Å². The van der Waals surface area contributed by atoms with E-state index in [4.69, 9.17) is 14.2 Å². The standard InChI is InChI=1S/C25H26N2O5/c1-2-31-25(29)20-15-27-21(18-6-4-3-5-7-18)16-32-22-13-17(12-19(23(22)27)24(20)28)14-26-8-10-30-11-9-26/h3-7,12-13,15,21H,2,8-11,14,16H2,1H3. The second kappa shape index (κ2) is 8.76. The highest BCUT2D eigenvalue weighted by molar-refractivity contribution is 5.96. The van der Waals surface area contributed by atoms with Gasteiger partial charge in [-0.2, -0.15) is 0 Å². The smallest absolute Gasteiger partial charge is 0.343 e. The Morgan fingerprint density at radius 3 is 2.69 bits per heavy atom. The summed E-state index contributed by atoms with van der Waals surface area (Å²) in [5.74, 6) is 0.0760. The third kappa shape index (κ3) is 3.78. The molecule has 1 saturated heterocycles. The van der Waals surface area contributed by atoms with E-state index in [1.807, 2.05) is 47.0 Å². The number of benzene rings is 2. The Kier molecular flexibility index (Phi) is 5.68. The number of morpholine rings is 1. The van der Waals surface area contributed by atoms with E-state index in [0.29, 0.717) is 43.0 Å². The lowest BCUT2D eigenvalue weighted by Crippen LogP contribution is -2.35. The Morgan fingerprint density at radius 2 is 1.94 bits per heavy atom. The van der Waals surface area contributed by atoms with Crippen LogP contribution in [0.25, 0.3) is 10.9 Å². The molecule has 2 aliphatic heterocycles. The number of pyridine rings is 1. The van der Waals surface area contributed by atoms with Gasteiger partial charge in [0.2, 0.25) is 5.43 Å². The molecular weight excluding hydrogens is 408 g/mol. The first-order chi connectivity index (χ1) is 15.7. The highest BCUT2D eigenvalue weighted by atomic mass is 16.5. The Bertz CT molecular complexity index is 1200. The van der Waals surface area contributed by atoms with Crippen molar-refractivity contribution in [2.75, 3.05) is 39.5 Å². The fourth-order valence-electron chi connectivity index (χ4n) is 4.51. The zero-order chi connectivity index (χ0) is 22.1. The van der Waals surface area contributed by atoms with E-state index in [9.17, 15) is 9.59 Å². The molecule has 0 radical (unpaired) electrons.